The van der Waals surface area contributed by atoms with E-state index in [-0.39, 0.29) is 11.7 Å². The van der Waals surface area contributed by atoms with E-state index in [9.17, 15) is 9.18 Å². The van der Waals surface area contributed by atoms with Crippen LogP contribution in [0.5, 0.6) is 0 Å². The summed E-state index contributed by atoms with van der Waals surface area (Å²) in [4.78, 5) is 11.6. The Labute approximate surface area is 134 Å². The highest BCUT2D eigenvalue weighted by Gasteiger charge is 1.99. The summed E-state index contributed by atoms with van der Waals surface area (Å²) in [6, 6.07) is 12.0. The van der Waals surface area contributed by atoms with E-state index in [1.807, 2.05) is 18.2 Å². The fourth-order valence-electron chi connectivity index (χ4n) is 1.91. The van der Waals surface area contributed by atoms with Gasteiger partial charge < -0.3 is 5.32 Å². The highest BCUT2D eigenvalue weighted by Crippen LogP contribution is 2.10. The maximum Gasteiger partial charge on any atom is 0.296 e. The lowest BCUT2D eigenvalue weighted by atomic mass is 10.1. The first kappa shape index (κ1) is 16.1. The molecular formula is C18H15ClFNO. The summed E-state index contributed by atoms with van der Waals surface area (Å²) in [5.74, 6) is 4.58. The first-order chi connectivity index (χ1) is 10.5. The minimum absolute atomic E-state index is 0.281. The van der Waals surface area contributed by atoms with Crippen molar-refractivity contribution < 1.29 is 9.18 Å². The number of carbonyl (C=O) groups is 1. The Morgan fingerprint density at radius 3 is 2.82 bits per heavy atom. The molecule has 1 amide bonds. The second-order valence-electron chi connectivity index (χ2n) is 4.85. The second kappa shape index (κ2) is 7.63. The summed E-state index contributed by atoms with van der Waals surface area (Å²) < 4.78 is 13.1. The van der Waals surface area contributed by atoms with Gasteiger partial charge in [0, 0.05) is 23.1 Å². The number of halogens is 2. The number of benzene rings is 2. The van der Waals surface area contributed by atoms with Crippen LogP contribution in [0.4, 0.5) is 4.39 Å². The van der Waals surface area contributed by atoms with Gasteiger partial charge in [0.15, 0.2) is 0 Å². The Balaban J connectivity index is 1.86. The van der Waals surface area contributed by atoms with Crippen molar-refractivity contribution in [2.24, 2.45) is 0 Å². The summed E-state index contributed by atoms with van der Waals surface area (Å²) in [5, 5.41) is 3.39. The average molecular weight is 316 g/mol. The zero-order valence-electron chi connectivity index (χ0n) is 12.1. The van der Waals surface area contributed by atoms with Crippen molar-refractivity contribution in [3.8, 4) is 11.8 Å². The van der Waals surface area contributed by atoms with Gasteiger partial charge in [-0.05, 0) is 54.8 Å². The fourth-order valence-corrected chi connectivity index (χ4v) is 2.12. The van der Waals surface area contributed by atoms with Crippen LogP contribution in [0.2, 0.25) is 5.02 Å². The molecule has 0 radical (unpaired) electrons. The van der Waals surface area contributed by atoms with Crippen molar-refractivity contribution in [1.29, 1.82) is 0 Å². The molecule has 0 saturated carbocycles. The molecule has 0 bridgehead atoms. The van der Waals surface area contributed by atoms with E-state index >= 15 is 0 Å². The molecule has 0 aliphatic rings. The van der Waals surface area contributed by atoms with Gasteiger partial charge in [-0.25, -0.2) is 4.39 Å². The summed E-state index contributed by atoms with van der Waals surface area (Å²) in [6.07, 6.45) is 0.684. The molecular weight excluding hydrogens is 301 g/mol. The van der Waals surface area contributed by atoms with Gasteiger partial charge in [-0.15, -0.1) is 0 Å². The summed E-state index contributed by atoms with van der Waals surface area (Å²) in [7, 11) is 0. The van der Waals surface area contributed by atoms with Gasteiger partial charge >= 0.3 is 0 Å². The lowest BCUT2D eigenvalue weighted by Gasteiger charge is -2.02. The number of carbonyl (C=O) groups excluding carboxylic acids is 1. The number of amides is 1. The molecule has 0 aliphatic carbocycles. The van der Waals surface area contributed by atoms with Crippen LogP contribution in [0.3, 0.4) is 0 Å². The van der Waals surface area contributed by atoms with E-state index < -0.39 is 0 Å². The minimum atomic E-state index is -0.357. The molecule has 0 fully saturated rings. The van der Waals surface area contributed by atoms with E-state index in [2.05, 4.69) is 17.2 Å². The van der Waals surface area contributed by atoms with Crippen molar-refractivity contribution >= 4 is 17.5 Å². The number of hydrogen-bond acceptors (Lipinski definition) is 1. The Hall–Kier alpha value is -2.31. The molecule has 0 saturated heterocycles. The van der Waals surface area contributed by atoms with Gasteiger partial charge in [0.05, 0.1) is 0 Å². The van der Waals surface area contributed by atoms with E-state index in [0.29, 0.717) is 29.1 Å². The van der Waals surface area contributed by atoms with E-state index in [0.717, 1.165) is 5.56 Å². The van der Waals surface area contributed by atoms with E-state index in [1.165, 1.54) is 6.07 Å². The van der Waals surface area contributed by atoms with Gasteiger partial charge in [-0.2, -0.15) is 0 Å². The third-order valence-corrected chi connectivity index (χ3v) is 3.30. The lowest BCUT2D eigenvalue weighted by Crippen LogP contribution is -2.23. The highest BCUT2D eigenvalue weighted by atomic mass is 35.5. The molecule has 0 atom stereocenters. The van der Waals surface area contributed by atoms with Gasteiger partial charge in [-0.1, -0.05) is 29.7 Å². The van der Waals surface area contributed by atoms with Crippen LogP contribution in [-0.4, -0.2) is 12.5 Å². The predicted octanol–water partition coefficient (Wildman–Crippen LogP) is 3.50. The van der Waals surface area contributed by atoms with Crippen LogP contribution in [-0.2, 0) is 11.2 Å². The molecule has 2 aromatic carbocycles. The van der Waals surface area contributed by atoms with Crippen molar-refractivity contribution in [3.05, 3.63) is 70.0 Å². The predicted molar refractivity (Wildman–Crippen MR) is 86.2 cm³/mol. The molecule has 4 heteroatoms. The molecule has 0 heterocycles. The van der Waals surface area contributed by atoms with Gasteiger partial charge in [0.2, 0.25) is 0 Å². The molecule has 0 aromatic heterocycles. The minimum Gasteiger partial charge on any atom is -0.345 e. The van der Waals surface area contributed by atoms with Gasteiger partial charge in [0.25, 0.3) is 5.91 Å². The summed E-state index contributed by atoms with van der Waals surface area (Å²) in [5.41, 5.74) is 2.17. The van der Waals surface area contributed by atoms with Crippen LogP contribution < -0.4 is 5.32 Å². The van der Waals surface area contributed by atoms with Crippen LogP contribution in [0.1, 0.15) is 16.7 Å². The van der Waals surface area contributed by atoms with Crippen molar-refractivity contribution in [2.75, 3.05) is 6.54 Å². The SMILES string of the molecule is Cc1cc(C#CC(=O)NCCc2cccc(Cl)c2)ccc1F. The monoisotopic (exact) mass is 315 g/mol. The van der Waals surface area contributed by atoms with Crippen LogP contribution in [0.15, 0.2) is 42.5 Å². The molecule has 1 N–H and O–H groups in total. The number of hydrogen-bond donors (Lipinski definition) is 1. The topological polar surface area (TPSA) is 29.1 Å². The normalized spacial score (nSPS) is 9.77. The molecule has 0 spiro atoms. The Bertz CT molecular complexity index is 746. The number of nitrogens with one attached hydrogen (secondary N) is 1. The van der Waals surface area contributed by atoms with Gasteiger partial charge in [0.1, 0.15) is 5.82 Å². The second-order valence-corrected chi connectivity index (χ2v) is 5.29. The maximum atomic E-state index is 13.1. The average Bonchev–Trinajstić information content (AvgIpc) is 2.48. The number of aryl methyl sites for hydroxylation is 1. The zero-order chi connectivity index (χ0) is 15.9. The molecule has 22 heavy (non-hydrogen) atoms. The Morgan fingerprint density at radius 2 is 2.09 bits per heavy atom. The molecule has 112 valence electrons. The molecule has 0 aliphatic heterocycles. The fraction of sp³-hybridized carbons (Fsp3) is 0.167. The number of rotatable bonds is 3. The van der Waals surface area contributed by atoms with Crippen molar-refractivity contribution in [3.63, 3.8) is 0 Å². The Morgan fingerprint density at radius 1 is 1.27 bits per heavy atom. The first-order valence-electron chi connectivity index (χ1n) is 6.85. The van der Waals surface area contributed by atoms with E-state index in [4.69, 9.17) is 11.6 Å². The maximum absolute atomic E-state index is 13.1. The first-order valence-corrected chi connectivity index (χ1v) is 7.23. The molecule has 2 nitrogen and oxygen atoms in total. The third kappa shape index (κ3) is 4.91. The largest absolute Gasteiger partial charge is 0.345 e. The van der Waals surface area contributed by atoms with Crippen LogP contribution >= 0.6 is 11.6 Å². The molecule has 2 aromatic rings. The molecule has 2 rings (SSSR count). The zero-order valence-corrected chi connectivity index (χ0v) is 12.9. The van der Waals surface area contributed by atoms with E-state index in [1.54, 1.807) is 25.1 Å². The van der Waals surface area contributed by atoms with Crippen molar-refractivity contribution in [2.45, 2.75) is 13.3 Å². The third-order valence-electron chi connectivity index (χ3n) is 3.07. The summed E-state index contributed by atoms with van der Waals surface area (Å²) in [6.45, 7) is 2.14. The standard InChI is InChI=1S/C18H15ClFNO/c1-13-11-15(5-7-17(13)20)6-8-18(22)21-10-9-14-3-2-4-16(19)12-14/h2-5,7,11-12H,9-10H2,1H3,(H,21,22). The van der Waals surface area contributed by atoms with Crippen LogP contribution in [0.25, 0.3) is 0 Å². The lowest BCUT2D eigenvalue weighted by molar-refractivity contribution is -0.115. The molecule has 0 unspecified atom stereocenters. The quantitative estimate of drug-likeness (QED) is 0.863. The Kier molecular flexibility index (Phi) is 5.57. The summed E-state index contributed by atoms with van der Waals surface area (Å²) >= 11 is 5.89. The van der Waals surface area contributed by atoms with Crippen LogP contribution in [0, 0.1) is 24.6 Å². The smallest absolute Gasteiger partial charge is 0.296 e. The van der Waals surface area contributed by atoms with Gasteiger partial charge in [-0.3, -0.25) is 4.79 Å². The highest BCUT2D eigenvalue weighted by molar-refractivity contribution is 6.30. The van der Waals surface area contributed by atoms with Crippen molar-refractivity contribution in [1.82, 2.24) is 5.32 Å².